The second-order valence-corrected chi connectivity index (χ2v) is 30.5. The van der Waals surface area contributed by atoms with Gasteiger partial charge in [-0.2, -0.15) is 0 Å². The van der Waals surface area contributed by atoms with Gasteiger partial charge in [0.1, 0.15) is 0 Å². The highest BCUT2D eigenvalue weighted by atomic mass is 32.2. The molecule has 13 rings (SSSR count). The SMILES string of the molecule is CB1OCC(C)CO1.CC12C=CC(C)(CC1)CC2.CC12CCC(C)(CC1)CC2.CC1=CC=C(C)CC1.CC1=CCC(C)=CC1.CC1CCN(C)CC1.CC1COC(C)OC1.CC1CSC(C)SC1.CN1CCN(C)CC1. The van der Waals surface area contributed by atoms with Crippen molar-refractivity contribution in [1.29, 1.82) is 0 Å². The van der Waals surface area contributed by atoms with Crippen molar-refractivity contribution in [1.82, 2.24) is 14.7 Å². The van der Waals surface area contributed by atoms with Gasteiger partial charge in [0, 0.05) is 49.9 Å². The molecule has 0 spiro atoms. The van der Waals surface area contributed by atoms with Crippen LogP contribution in [0.1, 0.15) is 200 Å². The van der Waals surface area contributed by atoms with Gasteiger partial charge < -0.3 is 33.5 Å². The van der Waals surface area contributed by atoms with Crippen LogP contribution in [0.2, 0.25) is 6.82 Å². The summed E-state index contributed by atoms with van der Waals surface area (Å²) in [6.07, 6.45) is 36.3. The molecule has 0 aromatic carbocycles. The van der Waals surface area contributed by atoms with E-state index in [9.17, 15) is 0 Å². The highest BCUT2D eigenvalue weighted by Gasteiger charge is 2.43. The van der Waals surface area contributed by atoms with E-state index >= 15 is 0 Å². The first-order valence-corrected chi connectivity index (χ1v) is 33.0. The fourth-order valence-electron chi connectivity index (χ4n) is 10.5. The van der Waals surface area contributed by atoms with Crippen molar-refractivity contribution in [3.63, 3.8) is 0 Å². The van der Waals surface area contributed by atoms with Gasteiger partial charge in [0.2, 0.25) is 0 Å². The molecule has 10 heteroatoms. The van der Waals surface area contributed by atoms with Gasteiger partial charge in [-0.15, -0.1) is 23.5 Å². The van der Waals surface area contributed by atoms with Gasteiger partial charge in [0.05, 0.1) is 13.2 Å². The van der Waals surface area contributed by atoms with Gasteiger partial charge in [0.15, 0.2) is 6.29 Å². The first-order chi connectivity index (χ1) is 35.8. The van der Waals surface area contributed by atoms with E-state index < -0.39 is 0 Å². The maximum absolute atomic E-state index is 5.17. The quantitative estimate of drug-likeness (QED) is 0.174. The van der Waals surface area contributed by atoms with E-state index in [2.05, 4.69) is 186 Å². The summed E-state index contributed by atoms with van der Waals surface area (Å²) in [7, 11) is 6.57. The predicted octanol–water partition coefficient (Wildman–Crippen LogP) is 17.3. The van der Waals surface area contributed by atoms with Crippen LogP contribution < -0.4 is 0 Å². The molecule has 0 radical (unpaired) electrons. The molecule has 5 heterocycles. The number of rotatable bonds is 0. The summed E-state index contributed by atoms with van der Waals surface area (Å²) < 4.78 is 21.5. The third-order valence-electron chi connectivity index (χ3n) is 18.0. The first kappa shape index (κ1) is 69.5. The number of hydrogen-bond donors (Lipinski definition) is 0. The van der Waals surface area contributed by atoms with Gasteiger partial charge in [-0.05, 0) is 236 Å². The lowest BCUT2D eigenvalue weighted by Crippen LogP contribution is -2.42. The van der Waals surface area contributed by atoms with Crippen LogP contribution in [0.15, 0.2) is 58.7 Å². The Balaban J connectivity index is 0.000000226. The van der Waals surface area contributed by atoms with Crippen molar-refractivity contribution < 1.29 is 18.8 Å². The van der Waals surface area contributed by atoms with Crippen LogP contribution in [0.4, 0.5) is 0 Å². The minimum atomic E-state index is 0.0196. The molecule has 0 atom stereocenters. The molecule has 4 bridgehead atoms. The Kier molecular flexibility index (Phi) is 32.8. The Morgan fingerprint density at radius 3 is 1.12 bits per heavy atom. The van der Waals surface area contributed by atoms with Gasteiger partial charge in [-0.1, -0.05) is 114 Å². The maximum Gasteiger partial charge on any atom is 0.453 e. The highest BCUT2D eigenvalue weighted by molar-refractivity contribution is 8.17. The van der Waals surface area contributed by atoms with Gasteiger partial charge in [0.25, 0.3) is 0 Å². The Bertz CT molecular complexity index is 1450. The van der Waals surface area contributed by atoms with Crippen LogP contribution in [0.5, 0.6) is 0 Å². The molecule has 7 nitrogen and oxygen atoms in total. The van der Waals surface area contributed by atoms with Crippen LogP contribution in [0.3, 0.4) is 0 Å². The zero-order valence-corrected chi connectivity index (χ0v) is 54.7. The minimum Gasteiger partial charge on any atom is -0.411 e. The summed E-state index contributed by atoms with van der Waals surface area (Å²) in [6.45, 7) is 44.4. The zero-order valence-electron chi connectivity index (χ0n) is 53.1. The number of piperazine rings is 1. The number of allylic oxidation sites excluding steroid dienone is 10. The molecule has 5 saturated heterocycles. The van der Waals surface area contributed by atoms with E-state index in [0.717, 1.165) is 53.7 Å². The van der Waals surface area contributed by atoms with Crippen molar-refractivity contribution in [3.05, 3.63) is 58.7 Å². The average Bonchev–Trinajstić information content (AvgIpc) is 3.40. The van der Waals surface area contributed by atoms with E-state index in [1.165, 1.54) is 176 Å². The van der Waals surface area contributed by atoms with Crippen molar-refractivity contribution >= 4 is 30.6 Å². The van der Waals surface area contributed by atoms with Gasteiger partial charge in [-0.3, -0.25) is 0 Å². The van der Waals surface area contributed by atoms with Crippen LogP contribution in [0.25, 0.3) is 0 Å². The number of fused-ring (bicyclic) bond motifs is 5. The molecular weight excluding hydrogens is 974 g/mol. The molecule has 0 amide bonds. The topological polar surface area (TPSA) is 46.6 Å². The predicted molar refractivity (Wildman–Crippen MR) is 339 cm³/mol. The fraction of sp³-hybridized carbons (Fsp3) is 0.848. The van der Waals surface area contributed by atoms with Gasteiger partial charge in [-0.25, -0.2) is 0 Å². The molecule has 13 aliphatic rings. The maximum atomic E-state index is 5.17. The lowest BCUT2D eigenvalue weighted by Gasteiger charge is -2.50. The summed E-state index contributed by atoms with van der Waals surface area (Å²) in [5.74, 6) is 5.81. The number of hydrogen-bond acceptors (Lipinski definition) is 9. The lowest BCUT2D eigenvalue weighted by atomic mass is 9.55. The number of ether oxygens (including phenoxy) is 2. The van der Waals surface area contributed by atoms with E-state index in [1.807, 2.05) is 13.7 Å². The van der Waals surface area contributed by atoms with Crippen LogP contribution in [0, 0.1) is 45.3 Å². The Morgan fingerprint density at radius 1 is 0.474 bits per heavy atom. The Hall–Kier alpha value is -0.815. The average molecular weight is 1100 g/mol. The van der Waals surface area contributed by atoms with Crippen molar-refractivity contribution in [2.24, 2.45) is 45.3 Å². The number of piperidine rings is 1. The summed E-state index contributed by atoms with van der Waals surface area (Å²) in [5, 5.41) is 0. The third kappa shape index (κ3) is 30.8. The first-order valence-electron chi connectivity index (χ1n) is 30.9. The van der Waals surface area contributed by atoms with Crippen molar-refractivity contribution in [2.45, 2.75) is 217 Å². The van der Waals surface area contributed by atoms with Crippen molar-refractivity contribution in [3.8, 4) is 0 Å². The Labute approximate surface area is 481 Å². The molecular formula is C66H122BN3O4S2. The number of nitrogens with zero attached hydrogens (tertiary/aromatic N) is 3. The molecule has 0 aromatic heterocycles. The number of likely N-dealkylation sites (tertiary alicyclic amines) is 1. The second-order valence-electron chi connectivity index (χ2n) is 27.4. The van der Waals surface area contributed by atoms with E-state index in [-0.39, 0.29) is 13.4 Å². The largest absolute Gasteiger partial charge is 0.453 e. The van der Waals surface area contributed by atoms with Crippen LogP contribution >= 0.6 is 23.5 Å². The standard InChI is InChI=1S/C10H18.C10H16.2C8H12.C7H15N.C6H14N2.C6H12O2.C6H12S2.C5H11BO2/c2*1-9-3-6-10(2,7-4-9)8-5-9;4*1-7-3-5-8(2)6-4-7;3*1-5-3-7-6(2)8-4-5/h3-8H2,1-2H3;3,6H,4-5,7-8H2,1-2H3;3,6H,4-5H2,1-2H3;3,5H,4,6H2,1-2H3;7H,3-6H2,1-2H3;3-6H2,1-2H3;2*5-6H,3-4H2,1-2H3;5H,3-4H2,1-2H3. The third-order valence-corrected chi connectivity index (χ3v) is 21.2. The number of likely N-dealkylation sites (N-methyl/N-ethyl adjacent to an activating group) is 2. The zero-order chi connectivity index (χ0) is 56.4. The summed E-state index contributed by atoms with van der Waals surface area (Å²) in [5.41, 5.74) is 8.72. The molecule has 76 heavy (non-hydrogen) atoms. The molecule has 4 saturated carbocycles. The van der Waals surface area contributed by atoms with Crippen LogP contribution in [-0.4, -0.2) is 131 Å². The van der Waals surface area contributed by atoms with Crippen LogP contribution in [-0.2, 0) is 18.8 Å². The molecule has 0 aromatic rings. The molecule has 5 aliphatic heterocycles. The Morgan fingerprint density at radius 2 is 0.829 bits per heavy atom. The molecule has 8 aliphatic carbocycles. The highest BCUT2D eigenvalue weighted by Crippen LogP contribution is 2.56. The molecule has 440 valence electrons. The fourth-order valence-corrected chi connectivity index (χ4v) is 12.9. The van der Waals surface area contributed by atoms with E-state index in [0.29, 0.717) is 22.7 Å². The summed E-state index contributed by atoms with van der Waals surface area (Å²) >= 11 is 4.18. The van der Waals surface area contributed by atoms with E-state index in [4.69, 9.17) is 18.8 Å². The van der Waals surface area contributed by atoms with Gasteiger partial charge >= 0.3 is 7.12 Å². The molecule has 0 unspecified atom stereocenters. The minimum absolute atomic E-state index is 0.0196. The number of thioether (sulfide) groups is 2. The molecule has 9 fully saturated rings. The second kappa shape index (κ2) is 35.9. The van der Waals surface area contributed by atoms with E-state index in [1.54, 1.807) is 0 Å². The summed E-state index contributed by atoms with van der Waals surface area (Å²) in [6, 6.07) is 0. The normalized spacial score (nSPS) is 34.4. The van der Waals surface area contributed by atoms with Crippen molar-refractivity contribution in [2.75, 3.05) is 98.3 Å². The smallest absolute Gasteiger partial charge is 0.411 e. The molecule has 0 N–H and O–H groups in total. The monoisotopic (exact) mass is 1100 g/mol. The lowest BCUT2D eigenvalue weighted by molar-refractivity contribution is -0.187. The summed E-state index contributed by atoms with van der Waals surface area (Å²) in [4.78, 5) is 7.12.